The second-order valence-electron chi connectivity index (χ2n) is 5.75. The van der Waals surface area contributed by atoms with Crippen LogP contribution < -0.4 is 5.32 Å². The van der Waals surface area contributed by atoms with Gasteiger partial charge in [-0.2, -0.15) is 0 Å². The number of benzene rings is 1. The van der Waals surface area contributed by atoms with E-state index in [1.54, 1.807) is 16.8 Å². The smallest absolute Gasteiger partial charge is 0.317 e. The Hall–Kier alpha value is -2.34. The normalized spacial score (nSPS) is 18.0. The molecule has 1 aromatic carbocycles. The van der Waals surface area contributed by atoms with Crippen LogP contribution >= 0.6 is 0 Å². The Morgan fingerprint density at radius 1 is 1.42 bits per heavy atom. The Bertz CT molecular complexity index is 574. The van der Waals surface area contributed by atoms with Crippen molar-refractivity contribution in [2.45, 2.75) is 13.0 Å². The number of ether oxygens (including phenoxy) is 1. The third-order valence-electron chi connectivity index (χ3n) is 3.93. The van der Waals surface area contributed by atoms with Gasteiger partial charge in [0.1, 0.15) is 6.61 Å². The van der Waals surface area contributed by atoms with E-state index in [0.29, 0.717) is 26.2 Å². The van der Waals surface area contributed by atoms with E-state index in [2.05, 4.69) is 5.32 Å². The molecule has 1 atom stereocenters. The van der Waals surface area contributed by atoms with Crippen molar-refractivity contribution in [3.8, 4) is 0 Å². The monoisotopic (exact) mass is 331 g/mol. The van der Waals surface area contributed by atoms with Crippen LogP contribution in [0.15, 0.2) is 36.4 Å². The molecular weight excluding hydrogens is 306 g/mol. The molecule has 0 spiro atoms. The summed E-state index contributed by atoms with van der Waals surface area (Å²) in [6.07, 6.45) is 3.82. The van der Waals surface area contributed by atoms with Crippen LogP contribution in [0, 0.1) is 0 Å². The summed E-state index contributed by atoms with van der Waals surface area (Å²) in [5.41, 5.74) is 1.11. The summed E-state index contributed by atoms with van der Waals surface area (Å²) >= 11 is 0. The van der Waals surface area contributed by atoms with Crippen molar-refractivity contribution in [3.05, 3.63) is 42.0 Å². The van der Waals surface area contributed by atoms with Gasteiger partial charge in [0.15, 0.2) is 0 Å². The molecule has 1 fully saturated rings. The fourth-order valence-corrected chi connectivity index (χ4v) is 2.43. The van der Waals surface area contributed by atoms with Crippen molar-refractivity contribution < 1.29 is 14.3 Å². The summed E-state index contributed by atoms with van der Waals surface area (Å²) in [4.78, 5) is 27.0. The molecule has 0 aliphatic carbocycles. The number of carbonyl (C=O) groups excluding carboxylic acids is 2. The summed E-state index contributed by atoms with van der Waals surface area (Å²) < 4.78 is 5.42. The summed E-state index contributed by atoms with van der Waals surface area (Å²) in [6.45, 7) is 4.08. The third-order valence-corrected chi connectivity index (χ3v) is 3.93. The number of likely N-dealkylation sites (N-methyl/N-ethyl adjacent to an activating group) is 2. The van der Waals surface area contributed by atoms with Crippen LogP contribution in [0.4, 0.5) is 4.79 Å². The van der Waals surface area contributed by atoms with Gasteiger partial charge in [0.25, 0.3) is 0 Å². The average molecular weight is 331 g/mol. The van der Waals surface area contributed by atoms with E-state index in [4.69, 9.17) is 4.74 Å². The molecule has 1 heterocycles. The highest BCUT2D eigenvalue weighted by atomic mass is 16.5. The van der Waals surface area contributed by atoms with Crippen LogP contribution in [0.25, 0.3) is 6.08 Å². The summed E-state index contributed by atoms with van der Waals surface area (Å²) in [5.74, 6) is -0.0289. The van der Waals surface area contributed by atoms with Gasteiger partial charge in [-0.05, 0) is 12.5 Å². The third kappa shape index (κ3) is 5.38. The van der Waals surface area contributed by atoms with Gasteiger partial charge in [-0.25, -0.2) is 4.79 Å². The molecule has 0 aromatic heterocycles. The minimum Gasteiger partial charge on any atom is -0.365 e. The van der Waals surface area contributed by atoms with E-state index in [0.717, 1.165) is 5.56 Å². The Morgan fingerprint density at radius 2 is 2.17 bits per heavy atom. The molecule has 2 rings (SSSR count). The van der Waals surface area contributed by atoms with E-state index in [-0.39, 0.29) is 24.6 Å². The van der Waals surface area contributed by atoms with Crippen molar-refractivity contribution >= 4 is 18.0 Å². The Morgan fingerprint density at radius 3 is 2.83 bits per heavy atom. The van der Waals surface area contributed by atoms with E-state index < -0.39 is 0 Å². The maximum Gasteiger partial charge on any atom is 0.317 e. The van der Waals surface area contributed by atoms with Crippen molar-refractivity contribution in [2.24, 2.45) is 0 Å². The van der Waals surface area contributed by atoms with Gasteiger partial charge in [-0.1, -0.05) is 42.5 Å². The largest absolute Gasteiger partial charge is 0.365 e. The molecule has 6 nitrogen and oxygen atoms in total. The number of amides is 3. The molecule has 6 heteroatoms. The molecule has 0 bridgehead atoms. The maximum atomic E-state index is 12.2. The highest BCUT2D eigenvalue weighted by Crippen LogP contribution is 2.04. The second-order valence-corrected chi connectivity index (χ2v) is 5.75. The van der Waals surface area contributed by atoms with Crippen LogP contribution in [0.5, 0.6) is 0 Å². The number of nitrogens with zero attached hydrogens (tertiary/aromatic N) is 2. The second kappa shape index (κ2) is 9.08. The highest BCUT2D eigenvalue weighted by molar-refractivity contribution is 5.78. The zero-order valence-electron chi connectivity index (χ0n) is 14.3. The number of rotatable bonds is 6. The number of morpholine rings is 1. The van der Waals surface area contributed by atoms with Gasteiger partial charge in [0, 0.05) is 33.2 Å². The lowest BCUT2D eigenvalue weighted by molar-refractivity contribution is -0.146. The minimum atomic E-state index is -0.157. The molecule has 130 valence electrons. The van der Waals surface area contributed by atoms with Crippen molar-refractivity contribution in [3.63, 3.8) is 0 Å². The fraction of sp³-hybridized carbons (Fsp3) is 0.444. The van der Waals surface area contributed by atoms with Gasteiger partial charge < -0.3 is 19.9 Å². The van der Waals surface area contributed by atoms with E-state index in [9.17, 15) is 9.59 Å². The van der Waals surface area contributed by atoms with Gasteiger partial charge in [-0.3, -0.25) is 4.79 Å². The molecule has 1 saturated heterocycles. The zero-order valence-corrected chi connectivity index (χ0v) is 14.3. The number of carbonyl (C=O) groups is 2. The fourth-order valence-electron chi connectivity index (χ4n) is 2.43. The number of hydrogen-bond acceptors (Lipinski definition) is 3. The van der Waals surface area contributed by atoms with Crippen LogP contribution in [-0.4, -0.2) is 67.7 Å². The topological polar surface area (TPSA) is 61.9 Å². The van der Waals surface area contributed by atoms with Crippen molar-refractivity contribution in [2.75, 3.05) is 39.8 Å². The Labute approximate surface area is 143 Å². The van der Waals surface area contributed by atoms with E-state index in [1.807, 2.05) is 49.4 Å². The molecule has 3 amide bonds. The van der Waals surface area contributed by atoms with Gasteiger partial charge >= 0.3 is 6.03 Å². The lowest BCUT2D eigenvalue weighted by Gasteiger charge is -2.30. The Balaban J connectivity index is 1.77. The molecule has 0 radical (unpaired) electrons. The zero-order chi connectivity index (χ0) is 17.4. The summed E-state index contributed by atoms with van der Waals surface area (Å²) in [7, 11) is 1.74. The Kier molecular flexibility index (Phi) is 6.81. The van der Waals surface area contributed by atoms with Gasteiger partial charge in [0.2, 0.25) is 5.91 Å². The summed E-state index contributed by atoms with van der Waals surface area (Å²) in [6, 6.07) is 9.85. The van der Waals surface area contributed by atoms with Crippen LogP contribution in [0.3, 0.4) is 0 Å². The molecular formula is C18H25N3O3. The molecule has 1 N–H and O–H groups in total. The van der Waals surface area contributed by atoms with Gasteiger partial charge in [0.05, 0.1) is 6.10 Å². The highest BCUT2D eigenvalue weighted by Gasteiger charge is 2.24. The van der Waals surface area contributed by atoms with Crippen molar-refractivity contribution in [1.29, 1.82) is 0 Å². The molecule has 1 aliphatic rings. The first-order valence-electron chi connectivity index (χ1n) is 8.20. The molecule has 1 unspecified atom stereocenters. The number of hydrogen-bond donors (Lipinski definition) is 1. The quantitative estimate of drug-likeness (QED) is 0.861. The number of urea groups is 1. The van der Waals surface area contributed by atoms with Crippen LogP contribution in [-0.2, 0) is 9.53 Å². The molecule has 24 heavy (non-hydrogen) atoms. The summed E-state index contributed by atoms with van der Waals surface area (Å²) in [5, 5.41) is 2.88. The molecule has 0 saturated carbocycles. The first kappa shape index (κ1) is 18.0. The molecule has 1 aromatic rings. The van der Waals surface area contributed by atoms with Gasteiger partial charge in [-0.15, -0.1) is 0 Å². The SMILES string of the molecule is CCN(CC=Cc1ccccc1)C(=O)NCC1CN(C)C(=O)CO1. The standard InChI is InChI=1S/C18H25N3O3/c1-3-21(11-7-10-15-8-5-4-6-9-15)18(23)19-12-16-13-20(2)17(22)14-24-16/h4-10,16H,3,11-14H2,1-2H3,(H,19,23). The van der Waals surface area contributed by atoms with Crippen LogP contribution in [0.2, 0.25) is 0 Å². The average Bonchev–Trinajstić information content (AvgIpc) is 2.60. The number of nitrogens with one attached hydrogen (secondary N) is 1. The lowest BCUT2D eigenvalue weighted by atomic mass is 10.2. The van der Waals surface area contributed by atoms with Crippen molar-refractivity contribution in [1.82, 2.24) is 15.1 Å². The van der Waals surface area contributed by atoms with E-state index in [1.165, 1.54) is 0 Å². The first-order chi connectivity index (χ1) is 11.6. The first-order valence-corrected chi connectivity index (χ1v) is 8.20. The lowest BCUT2D eigenvalue weighted by Crippen LogP contribution is -2.50. The molecule has 1 aliphatic heterocycles. The van der Waals surface area contributed by atoms with E-state index >= 15 is 0 Å². The maximum absolute atomic E-state index is 12.2. The minimum absolute atomic E-state index is 0.0289. The predicted molar refractivity (Wildman–Crippen MR) is 93.5 cm³/mol. The predicted octanol–water partition coefficient (Wildman–Crippen LogP) is 1.59. The van der Waals surface area contributed by atoms with Crippen LogP contribution in [0.1, 0.15) is 12.5 Å².